The van der Waals surface area contributed by atoms with Gasteiger partial charge in [0.15, 0.2) is 0 Å². The van der Waals surface area contributed by atoms with E-state index in [9.17, 15) is 4.79 Å². The summed E-state index contributed by atoms with van der Waals surface area (Å²) >= 11 is 0. The zero-order valence-electron chi connectivity index (χ0n) is 16.2. The van der Waals surface area contributed by atoms with Crippen molar-refractivity contribution in [2.45, 2.75) is 51.6 Å². The Hall–Kier alpha value is -2.22. The van der Waals surface area contributed by atoms with Gasteiger partial charge < -0.3 is 9.64 Å². The monoisotopic (exact) mass is 372 g/mol. The molecule has 0 saturated heterocycles. The average Bonchev–Trinajstić information content (AvgIpc) is 3.41. The number of carbonyl (C=O) groups is 1. The van der Waals surface area contributed by atoms with Crippen molar-refractivity contribution in [2.24, 2.45) is 13.0 Å². The third kappa shape index (κ3) is 3.76. The number of aromatic nitrogens is 5. The van der Waals surface area contributed by atoms with Gasteiger partial charge in [-0.25, -0.2) is 4.98 Å². The van der Waals surface area contributed by atoms with Gasteiger partial charge in [0.2, 0.25) is 5.82 Å². The van der Waals surface area contributed by atoms with Crippen LogP contribution in [0.5, 0.6) is 0 Å². The van der Waals surface area contributed by atoms with E-state index in [1.54, 1.807) is 18.1 Å². The Kier molecular flexibility index (Phi) is 5.24. The number of fused-ring (bicyclic) bond motifs is 1. The van der Waals surface area contributed by atoms with Crippen LogP contribution in [-0.2, 0) is 24.9 Å². The third-order valence-electron chi connectivity index (χ3n) is 5.66. The maximum absolute atomic E-state index is 12.8. The molecule has 1 aliphatic heterocycles. The molecule has 0 bridgehead atoms. The summed E-state index contributed by atoms with van der Waals surface area (Å²) in [6.45, 7) is 5.41. The highest BCUT2D eigenvalue weighted by molar-refractivity contribution is 5.90. The van der Waals surface area contributed by atoms with Crippen LogP contribution < -0.4 is 0 Å². The van der Waals surface area contributed by atoms with Crippen molar-refractivity contribution in [1.82, 2.24) is 29.4 Å². The van der Waals surface area contributed by atoms with Crippen LogP contribution in [0.15, 0.2) is 12.5 Å². The number of nitrogens with zero attached hydrogens (tertiary/aromatic N) is 6. The first-order valence-corrected chi connectivity index (χ1v) is 9.93. The predicted octanol–water partition coefficient (Wildman–Crippen LogP) is 1.98. The first kappa shape index (κ1) is 18.2. The van der Waals surface area contributed by atoms with E-state index in [-0.39, 0.29) is 17.6 Å². The van der Waals surface area contributed by atoms with Crippen LogP contribution >= 0.6 is 0 Å². The lowest BCUT2D eigenvalue weighted by atomic mass is 9.96. The minimum Gasteiger partial charge on any atom is -0.381 e. The van der Waals surface area contributed by atoms with Crippen molar-refractivity contribution in [3.8, 4) is 0 Å². The molecule has 4 rings (SSSR count). The van der Waals surface area contributed by atoms with Gasteiger partial charge >= 0.3 is 0 Å². The lowest BCUT2D eigenvalue weighted by Crippen LogP contribution is -2.40. The molecule has 27 heavy (non-hydrogen) atoms. The van der Waals surface area contributed by atoms with Gasteiger partial charge in [0.25, 0.3) is 5.91 Å². The van der Waals surface area contributed by atoms with Crippen molar-refractivity contribution in [2.75, 3.05) is 19.8 Å². The van der Waals surface area contributed by atoms with Crippen LogP contribution in [0.4, 0.5) is 0 Å². The number of ether oxygens (including phenoxy) is 1. The molecule has 3 heterocycles. The molecule has 0 aromatic carbocycles. The summed E-state index contributed by atoms with van der Waals surface area (Å²) in [4.78, 5) is 18.8. The second kappa shape index (κ2) is 7.80. The third-order valence-corrected chi connectivity index (χ3v) is 5.66. The van der Waals surface area contributed by atoms with Gasteiger partial charge in [-0.2, -0.15) is 5.10 Å². The van der Waals surface area contributed by atoms with Gasteiger partial charge in [0, 0.05) is 44.8 Å². The summed E-state index contributed by atoms with van der Waals surface area (Å²) in [6.07, 6.45) is 8.72. The van der Waals surface area contributed by atoms with Crippen LogP contribution in [0.1, 0.15) is 60.4 Å². The fraction of sp³-hybridized carbons (Fsp3) is 0.684. The Morgan fingerprint density at radius 2 is 2.15 bits per heavy atom. The Balaban J connectivity index is 1.57. The molecule has 1 atom stereocenters. The maximum atomic E-state index is 12.8. The molecule has 0 spiro atoms. The Labute approximate surface area is 159 Å². The van der Waals surface area contributed by atoms with E-state index in [1.807, 2.05) is 18.0 Å². The highest BCUT2D eigenvalue weighted by Crippen LogP contribution is 2.32. The van der Waals surface area contributed by atoms with Gasteiger partial charge in [-0.05, 0) is 25.7 Å². The number of carbonyl (C=O) groups excluding carboxylic acids is 1. The number of hydrogen-bond donors (Lipinski definition) is 0. The molecule has 0 N–H and O–H groups in total. The number of hydrogen-bond acceptors (Lipinski definition) is 5. The minimum atomic E-state index is -0.133. The van der Waals surface area contributed by atoms with Crippen molar-refractivity contribution in [1.29, 1.82) is 0 Å². The Morgan fingerprint density at radius 3 is 2.85 bits per heavy atom. The van der Waals surface area contributed by atoms with Crippen LogP contribution in [0.25, 0.3) is 0 Å². The zero-order valence-corrected chi connectivity index (χ0v) is 16.2. The SMILES string of the molecule is CCOCC1CN(C(=O)c2ncn(C)n2)Cc2cnn(CC3CCCC3)c21. The normalized spacial score (nSPS) is 20.2. The molecule has 8 heteroatoms. The smallest absolute Gasteiger partial charge is 0.293 e. The minimum absolute atomic E-state index is 0.130. The summed E-state index contributed by atoms with van der Waals surface area (Å²) in [5.41, 5.74) is 2.36. The molecule has 1 unspecified atom stereocenters. The van der Waals surface area contributed by atoms with Crippen LogP contribution in [0.2, 0.25) is 0 Å². The fourth-order valence-corrected chi connectivity index (χ4v) is 4.36. The molecular weight excluding hydrogens is 344 g/mol. The van der Waals surface area contributed by atoms with Crippen molar-refractivity contribution < 1.29 is 9.53 Å². The molecule has 1 amide bonds. The van der Waals surface area contributed by atoms with E-state index in [4.69, 9.17) is 4.74 Å². The summed E-state index contributed by atoms with van der Waals surface area (Å²) in [7, 11) is 1.77. The van der Waals surface area contributed by atoms with Gasteiger partial charge in [0.1, 0.15) is 6.33 Å². The van der Waals surface area contributed by atoms with Gasteiger partial charge in [-0.1, -0.05) is 12.8 Å². The quantitative estimate of drug-likeness (QED) is 0.775. The predicted molar refractivity (Wildman–Crippen MR) is 99.2 cm³/mol. The largest absolute Gasteiger partial charge is 0.381 e. The second-order valence-corrected chi connectivity index (χ2v) is 7.67. The maximum Gasteiger partial charge on any atom is 0.293 e. The molecule has 2 aliphatic rings. The van der Waals surface area contributed by atoms with E-state index < -0.39 is 0 Å². The molecule has 2 aromatic heterocycles. The standard InChI is InChI=1S/C19H28N6O2/c1-3-27-12-16-11-24(19(26)18-20-13-23(2)22-18)10-15-8-21-25(17(15)16)9-14-6-4-5-7-14/h8,13-14,16H,3-7,9-12H2,1-2H3. The molecule has 1 saturated carbocycles. The van der Waals surface area contributed by atoms with Crippen LogP contribution in [0.3, 0.4) is 0 Å². The van der Waals surface area contributed by atoms with Gasteiger partial charge in [-0.15, -0.1) is 5.10 Å². The average molecular weight is 372 g/mol. The molecule has 146 valence electrons. The molecule has 8 nitrogen and oxygen atoms in total. The summed E-state index contributed by atoms with van der Waals surface area (Å²) in [6, 6.07) is 0. The molecule has 2 aromatic rings. The first-order chi connectivity index (χ1) is 13.2. The Morgan fingerprint density at radius 1 is 1.33 bits per heavy atom. The van der Waals surface area contributed by atoms with Crippen LogP contribution in [-0.4, -0.2) is 55.1 Å². The zero-order chi connectivity index (χ0) is 18.8. The van der Waals surface area contributed by atoms with E-state index in [0.29, 0.717) is 26.3 Å². The fourth-order valence-electron chi connectivity index (χ4n) is 4.36. The summed E-state index contributed by atoms with van der Waals surface area (Å²) < 4.78 is 9.48. The second-order valence-electron chi connectivity index (χ2n) is 7.67. The van der Waals surface area contributed by atoms with Crippen molar-refractivity contribution in [3.63, 3.8) is 0 Å². The van der Waals surface area contributed by atoms with Gasteiger partial charge in [0.05, 0.1) is 18.5 Å². The Bertz CT molecular complexity index is 792. The lowest BCUT2D eigenvalue weighted by Gasteiger charge is -2.33. The lowest BCUT2D eigenvalue weighted by molar-refractivity contribution is 0.0634. The van der Waals surface area contributed by atoms with Crippen LogP contribution in [0, 0.1) is 5.92 Å². The van der Waals surface area contributed by atoms with Crippen molar-refractivity contribution >= 4 is 5.91 Å². The molecule has 1 fully saturated rings. The number of rotatable bonds is 6. The van der Waals surface area contributed by atoms with Gasteiger partial charge in [-0.3, -0.25) is 14.2 Å². The van der Waals surface area contributed by atoms with E-state index in [1.165, 1.54) is 31.4 Å². The topological polar surface area (TPSA) is 78.1 Å². The van der Waals surface area contributed by atoms with Crippen molar-refractivity contribution in [3.05, 3.63) is 29.6 Å². The van der Waals surface area contributed by atoms with E-state index >= 15 is 0 Å². The molecular formula is C19H28N6O2. The summed E-state index contributed by atoms with van der Waals surface area (Å²) in [5.74, 6) is 0.963. The van der Waals surface area contributed by atoms with E-state index in [2.05, 4.69) is 19.9 Å². The molecule has 0 radical (unpaired) electrons. The highest BCUT2D eigenvalue weighted by atomic mass is 16.5. The highest BCUT2D eigenvalue weighted by Gasteiger charge is 2.34. The first-order valence-electron chi connectivity index (χ1n) is 9.93. The van der Waals surface area contributed by atoms with E-state index in [0.717, 1.165) is 18.0 Å². The molecule has 1 aliphatic carbocycles. The number of amides is 1. The number of aryl methyl sites for hydroxylation is 1. The summed E-state index contributed by atoms with van der Waals surface area (Å²) in [5, 5.41) is 8.84.